The highest BCUT2D eigenvalue weighted by Gasteiger charge is 2.42. The molecule has 0 aromatic rings. The van der Waals surface area contributed by atoms with Crippen molar-refractivity contribution in [3.8, 4) is 0 Å². The molecule has 3 nitrogen and oxygen atoms in total. The predicted molar refractivity (Wildman–Crippen MR) is 63.9 cm³/mol. The second kappa shape index (κ2) is 5.48. The van der Waals surface area contributed by atoms with E-state index < -0.39 is 5.79 Å². The Morgan fingerprint density at radius 1 is 1.25 bits per heavy atom. The van der Waals surface area contributed by atoms with Gasteiger partial charge < -0.3 is 4.74 Å². The smallest absolute Gasteiger partial charge is 0.204 e. The third-order valence-electron chi connectivity index (χ3n) is 2.98. The Bertz CT molecular complexity index is 206. The van der Waals surface area contributed by atoms with Gasteiger partial charge in [-0.1, -0.05) is 13.3 Å². The molecule has 16 heavy (non-hydrogen) atoms. The summed E-state index contributed by atoms with van der Waals surface area (Å²) in [5.41, 5.74) is -0.290. The Balaban J connectivity index is 2.63. The molecule has 1 rings (SSSR count). The van der Waals surface area contributed by atoms with E-state index in [1.807, 2.05) is 27.7 Å². The van der Waals surface area contributed by atoms with E-state index in [9.17, 15) is 0 Å². The summed E-state index contributed by atoms with van der Waals surface area (Å²) in [5.74, 6) is -0.135. The summed E-state index contributed by atoms with van der Waals surface area (Å²) in [7, 11) is 0. The molecule has 0 bridgehead atoms. The summed E-state index contributed by atoms with van der Waals surface area (Å²) in [6, 6.07) is 0. The predicted octanol–water partition coefficient (Wildman–Crippen LogP) is 3.68. The van der Waals surface area contributed by atoms with Crippen LogP contribution >= 0.6 is 0 Å². The Hall–Kier alpha value is -0.120. The molecule has 1 saturated carbocycles. The fraction of sp³-hybridized carbons (Fsp3) is 1.00. The van der Waals surface area contributed by atoms with Crippen molar-refractivity contribution in [3.05, 3.63) is 0 Å². The van der Waals surface area contributed by atoms with Gasteiger partial charge in [0.2, 0.25) is 5.79 Å². The lowest BCUT2D eigenvalue weighted by Crippen LogP contribution is -2.46. The van der Waals surface area contributed by atoms with Crippen LogP contribution in [0, 0.1) is 5.92 Å². The van der Waals surface area contributed by atoms with E-state index in [-0.39, 0.29) is 5.60 Å². The van der Waals surface area contributed by atoms with Crippen LogP contribution in [0.5, 0.6) is 0 Å². The summed E-state index contributed by atoms with van der Waals surface area (Å²) in [6.45, 7) is 10.8. The molecule has 2 unspecified atom stereocenters. The average molecular weight is 230 g/mol. The minimum absolute atomic E-state index is 0.290. The lowest BCUT2D eigenvalue weighted by atomic mass is 9.84. The summed E-state index contributed by atoms with van der Waals surface area (Å²) < 4.78 is 5.83. The molecular weight excluding hydrogens is 204 g/mol. The largest absolute Gasteiger partial charge is 0.347 e. The highest BCUT2D eigenvalue weighted by Crippen LogP contribution is 2.38. The summed E-state index contributed by atoms with van der Waals surface area (Å²) in [6.07, 6.45) is 4.48. The van der Waals surface area contributed by atoms with Gasteiger partial charge in [-0.15, -0.1) is 0 Å². The fourth-order valence-corrected chi connectivity index (χ4v) is 2.09. The van der Waals surface area contributed by atoms with Crippen LogP contribution in [-0.4, -0.2) is 18.0 Å². The SMILES string of the molecule is CCOC1(OOC(C)(C)C)CCCCC1C. The van der Waals surface area contributed by atoms with E-state index in [1.165, 1.54) is 6.42 Å². The van der Waals surface area contributed by atoms with Gasteiger partial charge in [-0.3, -0.25) is 0 Å². The van der Waals surface area contributed by atoms with Crippen molar-refractivity contribution in [1.82, 2.24) is 0 Å². The Kier molecular flexibility index (Phi) is 4.77. The van der Waals surface area contributed by atoms with Crippen LogP contribution in [0.4, 0.5) is 0 Å². The highest BCUT2D eigenvalue weighted by molar-refractivity contribution is 4.80. The van der Waals surface area contributed by atoms with Crippen molar-refractivity contribution >= 4 is 0 Å². The lowest BCUT2D eigenvalue weighted by Gasteiger charge is -2.41. The molecule has 0 heterocycles. The molecule has 1 aliphatic rings. The van der Waals surface area contributed by atoms with Gasteiger partial charge in [-0.05, 0) is 40.5 Å². The lowest BCUT2D eigenvalue weighted by molar-refractivity contribution is -0.475. The molecule has 0 saturated heterocycles. The van der Waals surface area contributed by atoms with Gasteiger partial charge in [0, 0.05) is 18.9 Å². The topological polar surface area (TPSA) is 27.7 Å². The van der Waals surface area contributed by atoms with Crippen LogP contribution < -0.4 is 0 Å². The summed E-state index contributed by atoms with van der Waals surface area (Å²) in [4.78, 5) is 11.1. The zero-order valence-electron chi connectivity index (χ0n) is 11.3. The first kappa shape index (κ1) is 13.9. The molecular formula is C13H26O3. The second-order valence-corrected chi connectivity index (χ2v) is 5.67. The number of rotatable bonds is 4. The molecule has 0 N–H and O–H groups in total. The van der Waals surface area contributed by atoms with Gasteiger partial charge in [0.1, 0.15) is 0 Å². The molecule has 96 valence electrons. The summed E-state index contributed by atoms with van der Waals surface area (Å²) in [5, 5.41) is 0. The first-order chi connectivity index (χ1) is 7.40. The van der Waals surface area contributed by atoms with Crippen LogP contribution in [0.2, 0.25) is 0 Å². The van der Waals surface area contributed by atoms with E-state index >= 15 is 0 Å². The average Bonchev–Trinajstić information content (AvgIpc) is 2.19. The van der Waals surface area contributed by atoms with E-state index in [0.29, 0.717) is 12.5 Å². The van der Waals surface area contributed by atoms with E-state index in [0.717, 1.165) is 19.3 Å². The number of hydrogen-bond donors (Lipinski definition) is 0. The number of ether oxygens (including phenoxy) is 1. The molecule has 1 fully saturated rings. The van der Waals surface area contributed by atoms with Crippen molar-refractivity contribution in [2.24, 2.45) is 5.92 Å². The number of hydrogen-bond acceptors (Lipinski definition) is 3. The van der Waals surface area contributed by atoms with E-state index in [4.69, 9.17) is 14.5 Å². The van der Waals surface area contributed by atoms with Crippen LogP contribution in [-0.2, 0) is 14.5 Å². The maximum atomic E-state index is 5.83. The molecule has 0 spiro atoms. The molecule has 0 radical (unpaired) electrons. The fourth-order valence-electron chi connectivity index (χ4n) is 2.09. The van der Waals surface area contributed by atoms with Crippen molar-refractivity contribution in [2.45, 2.75) is 71.7 Å². The minimum atomic E-state index is -0.527. The Morgan fingerprint density at radius 2 is 1.94 bits per heavy atom. The van der Waals surface area contributed by atoms with Crippen molar-refractivity contribution in [3.63, 3.8) is 0 Å². The van der Waals surface area contributed by atoms with Crippen LogP contribution in [0.3, 0.4) is 0 Å². The highest BCUT2D eigenvalue weighted by atomic mass is 17.2. The zero-order valence-corrected chi connectivity index (χ0v) is 11.3. The quantitative estimate of drug-likeness (QED) is 0.419. The normalized spacial score (nSPS) is 31.7. The molecule has 1 aliphatic carbocycles. The first-order valence-corrected chi connectivity index (χ1v) is 6.40. The molecule has 0 amide bonds. The standard InChI is InChI=1S/C13H26O3/c1-6-14-13(16-15-12(3,4)5)10-8-7-9-11(13)2/h11H,6-10H2,1-5H3. The summed E-state index contributed by atoms with van der Waals surface area (Å²) >= 11 is 0. The van der Waals surface area contributed by atoms with E-state index in [2.05, 4.69) is 6.92 Å². The van der Waals surface area contributed by atoms with E-state index in [1.54, 1.807) is 0 Å². The van der Waals surface area contributed by atoms with Crippen molar-refractivity contribution in [2.75, 3.05) is 6.61 Å². The van der Waals surface area contributed by atoms with Crippen molar-refractivity contribution in [1.29, 1.82) is 0 Å². The molecule has 0 aliphatic heterocycles. The minimum Gasteiger partial charge on any atom is -0.347 e. The van der Waals surface area contributed by atoms with Crippen LogP contribution in [0.1, 0.15) is 60.3 Å². The van der Waals surface area contributed by atoms with Gasteiger partial charge in [0.05, 0.1) is 5.60 Å². The molecule has 0 aromatic heterocycles. The Labute approximate surface area is 99.4 Å². The second-order valence-electron chi connectivity index (χ2n) is 5.67. The van der Waals surface area contributed by atoms with Crippen molar-refractivity contribution < 1.29 is 14.5 Å². The molecule has 0 aromatic carbocycles. The van der Waals surface area contributed by atoms with Gasteiger partial charge in [0.15, 0.2) is 0 Å². The monoisotopic (exact) mass is 230 g/mol. The maximum absolute atomic E-state index is 5.83. The Morgan fingerprint density at radius 3 is 2.44 bits per heavy atom. The van der Waals surface area contributed by atoms with Crippen LogP contribution in [0.15, 0.2) is 0 Å². The maximum Gasteiger partial charge on any atom is 0.204 e. The molecule has 2 atom stereocenters. The third kappa shape index (κ3) is 3.72. The van der Waals surface area contributed by atoms with Gasteiger partial charge in [0.25, 0.3) is 0 Å². The van der Waals surface area contributed by atoms with Gasteiger partial charge >= 0.3 is 0 Å². The van der Waals surface area contributed by atoms with Gasteiger partial charge in [-0.2, -0.15) is 0 Å². The van der Waals surface area contributed by atoms with Gasteiger partial charge in [-0.25, -0.2) is 9.78 Å². The van der Waals surface area contributed by atoms with Crippen LogP contribution in [0.25, 0.3) is 0 Å². The first-order valence-electron chi connectivity index (χ1n) is 6.40. The zero-order chi connectivity index (χ0) is 12.2. The third-order valence-corrected chi connectivity index (χ3v) is 2.98. The molecule has 3 heteroatoms.